The van der Waals surface area contributed by atoms with Crippen LogP contribution in [-0.4, -0.2) is 37.7 Å². The first kappa shape index (κ1) is 17.7. The van der Waals surface area contributed by atoms with Gasteiger partial charge < -0.3 is 9.47 Å². The SMILES string of the molecule is Cn1cccc(C(=O)N2CCCC2Cn2nc3c(cc2=O)CCCC3)c1=O. The van der Waals surface area contributed by atoms with Crippen molar-refractivity contribution in [2.45, 2.75) is 51.1 Å². The van der Waals surface area contributed by atoms with E-state index in [2.05, 4.69) is 5.10 Å². The van der Waals surface area contributed by atoms with Crippen molar-refractivity contribution in [2.24, 2.45) is 7.05 Å². The molecular formula is C20H24N4O3. The van der Waals surface area contributed by atoms with Gasteiger partial charge in [0.25, 0.3) is 17.0 Å². The van der Waals surface area contributed by atoms with Gasteiger partial charge in [-0.05, 0) is 56.2 Å². The van der Waals surface area contributed by atoms with E-state index in [1.165, 1.54) is 9.25 Å². The van der Waals surface area contributed by atoms with Crippen molar-refractivity contribution < 1.29 is 4.79 Å². The Morgan fingerprint density at radius 2 is 2.04 bits per heavy atom. The maximum absolute atomic E-state index is 12.9. The number of rotatable bonds is 3. The molecule has 1 unspecified atom stereocenters. The van der Waals surface area contributed by atoms with Crippen molar-refractivity contribution in [2.75, 3.05) is 6.54 Å². The summed E-state index contributed by atoms with van der Waals surface area (Å²) in [6.07, 6.45) is 7.34. The number of pyridine rings is 1. The van der Waals surface area contributed by atoms with E-state index in [0.29, 0.717) is 13.1 Å². The largest absolute Gasteiger partial charge is 0.334 e. The first-order valence-corrected chi connectivity index (χ1v) is 9.61. The van der Waals surface area contributed by atoms with E-state index in [4.69, 9.17) is 0 Å². The van der Waals surface area contributed by atoms with Crippen LogP contribution in [0.15, 0.2) is 34.0 Å². The van der Waals surface area contributed by atoms with Gasteiger partial charge in [-0.25, -0.2) is 4.68 Å². The predicted octanol–water partition coefficient (Wildman–Crippen LogP) is 1.13. The molecular weight excluding hydrogens is 344 g/mol. The fraction of sp³-hybridized carbons (Fsp3) is 0.500. The van der Waals surface area contributed by atoms with E-state index in [0.717, 1.165) is 49.8 Å². The highest BCUT2D eigenvalue weighted by molar-refractivity contribution is 5.94. The second-order valence-electron chi connectivity index (χ2n) is 7.48. The van der Waals surface area contributed by atoms with E-state index >= 15 is 0 Å². The van der Waals surface area contributed by atoms with Gasteiger partial charge in [0.2, 0.25) is 0 Å². The molecule has 1 atom stereocenters. The third kappa shape index (κ3) is 3.34. The van der Waals surface area contributed by atoms with Crippen LogP contribution in [0.1, 0.15) is 47.3 Å². The van der Waals surface area contributed by atoms with Crippen LogP contribution in [0.3, 0.4) is 0 Å². The normalized spacial score (nSPS) is 19.1. The average molecular weight is 368 g/mol. The first-order valence-electron chi connectivity index (χ1n) is 9.61. The number of fused-ring (bicyclic) bond motifs is 1. The topological polar surface area (TPSA) is 77.2 Å². The number of likely N-dealkylation sites (tertiary alicyclic amines) is 1. The van der Waals surface area contributed by atoms with E-state index < -0.39 is 0 Å². The van der Waals surface area contributed by atoms with Crippen molar-refractivity contribution in [3.63, 3.8) is 0 Å². The molecule has 2 aliphatic rings. The summed E-state index contributed by atoms with van der Waals surface area (Å²) in [4.78, 5) is 39.4. The zero-order valence-corrected chi connectivity index (χ0v) is 15.6. The summed E-state index contributed by atoms with van der Waals surface area (Å²) in [7, 11) is 1.64. The lowest BCUT2D eigenvalue weighted by molar-refractivity contribution is 0.0717. The standard InChI is InChI=1S/C20H24N4O3/c1-22-10-5-8-16(19(22)26)20(27)23-11-4-7-15(23)13-24-18(25)12-14-6-2-3-9-17(14)21-24/h5,8,10,12,15H,2-4,6-7,9,11,13H2,1H3. The molecule has 0 saturated carbocycles. The molecule has 1 saturated heterocycles. The summed E-state index contributed by atoms with van der Waals surface area (Å²) in [5, 5.41) is 4.57. The Balaban J connectivity index is 1.59. The van der Waals surface area contributed by atoms with Gasteiger partial charge in [0.1, 0.15) is 5.56 Å². The molecule has 142 valence electrons. The Kier molecular flexibility index (Phi) is 4.68. The highest BCUT2D eigenvalue weighted by Gasteiger charge is 2.31. The van der Waals surface area contributed by atoms with Crippen LogP contribution in [0, 0.1) is 0 Å². The quantitative estimate of drug-likeness (QED) is 0.814. The van der Waals surface area contributed by atoms with Crippen LogP contribution in [0.25, 0.3) is 0 Å². The number of carbonyl (C=O) groups excluding carboxylic acids is 1. The Morgan fingerprint density at radius 3 is 2.89 bits per heavy atom. The van der Waals surface area contributed by atoms with Gasteiger partial charge in [-0.2, -0.15) is 5.10 Å². The van der Waals surface area contributed by atoms with E-state index in [9.17, 15) is 14.4 Å². The fourth-order valence-electron chi connectivity index (χ4n) is 4.14. The second-order valence-corrected chi connectivity index (χ2v) is 7.48. The number of aromatic nitrogens is 3. The Morgan fingerprint density at radius 1 is 1.22 bits per heavy atom. The van der Waals surface area contributed by atoms with Crippen LogP contribution in [0.5, 0.6) is 0 Å². The average Bonchev–Trinajstić information content (AvgIpc) is 3.12. The monoisotopic (exact) mass is 368 g/mol. The molecule has 2 aromatic rings. The Bertz CT molecular complexity index is 991. The molecule has 2 aromatic heterocycles. The zero-order chi connectivity index (χ0) is 19.0. The summed E-state index contributed by atoms with van der Waals surface area (Å²) < 4.78 is 2.91. The molecule has 7 heteroatoms. The molecule has 27 heavy (non-hydrogen) atoms. The molecule has 0 bridgehead atoms. The summed E-state index contributed by atoms with van der Waals surface area (Å²) in [6, 6.07) is 4.86. The number of amides is 1. The molecule has 0 aromatic carbocycles. The van der Waals surface area contributed by atoms with Crippen LogP contribution >= 0.6 is 0 Å². The molecule has 0 radical (unpaired) electrons. The number of hydrogen-bond acceptors (Lipinski definition) is 4. The molecule has 4 rings (SSSR count). The summed E-state index contributed by atoms with van der Waals surface area (Å²) >= 11 is 0. The van der Waals surface area contributed by atoms with Crippen molar-refractivity contribution in [3.8, 4) is 0 Å². The maximum atomic E-state index is 12.9. The summed E-state index contributed by atoms with van der Waals surface area (Å²) in [5.74, 6) is -0.260. The van der Waals surface area contributed by atoms with Gasteiger partial charge in [0, 0.05) is 25.9 Å². The Hall–Kier alpha value is -2.70. The molecule has 0 N–H and O–H groups in total. The zero-order valence-electron chi connectivity index (χ0n) is 15.6. The van der Waals surface area contributed by atoms with Crippen LogP contribution in [0.2, 0.25) is 0 Å². The van der Waals surface area contributed by atoms with Gasteiger partial charge in [-0.15, -0.1) is 0 Å². The number of nitrogens with zero attached hydrogens (tertiary/aromatic N) is 4. The molecule has 1 aliphatic heterocycles. The first-order chi connectivity index (χ1) is 13.0. The van der Waals surface area contributed by atoms with E-state index in [1.54, 1.807) is 36.3 Å². The molecule has 0 spiro atoms. The van der Waals surface area contributed by atoms with Gasteiger partial charge in [-0.3, -0.25) is 14.4 Å². The molecule has 3 heterocycles. The van der Waals surface area contributed by atoms with Crippen molar-refractivity contribution >= 4 is 5.91 Å². The second kappa shape index (κ2) is 7.13. The lowest BCUT2D eigenvalue weighted by Gasteiger charge is -2.25. The van der Waals surface area contributed by atoms with Crippen LogP contribution in [-0.2, 0) is 26.4 Å². The summed E-state index contributed by atoms with van der Waals surface area (Å²) in [6.45, 7) is 0.978. The van der Waals surface area contributed by atoms with Gasteiger partial charge in [0.15, 0.2) is 0 Å². The lowest BCUT2D eigenvalue weighted by Crippen LogP contribution is -2.43. The minimum absolute atomic E-state index is 0.106. The predicted molar refractivity (Wildman–Crippen MR) is 101 cm³/mol. The number of aryl methyl sites for hydroxylation is 3. The minimum atomic E-state index is -0.294. The highest BCUT2D eigenvalue weighted by Crippen LogP contribution is 2.21. The molecule has 1 fully saturated rings. The fourth-order valence-corrected chi connectivity index (χ4v) is 4.14. The molecule has 1 amide bonds. The van der Waals surface area contributed by atoms with Crippen molar-refractivity contribution in [1.29, 1.82) is 0 Å². The molecule has 7 nitrogen and oxygen atoms in total. The third-order valence-electron chi connectivity index (χ3n) is 5.65. The smallest absolute Gasteiger partial charge is 0.267 e. The third-order valence-corrected chi connectivity index (χ3v) is 5.65. The van der Waals surface area contributed by atoms with Gasteiger partial charge >= 0.3 is 0 Å². The van der Waals surface area contributed by atoms with E-state index in [-0.39, 0.29) is 28.6 Å². The lowest BCUT2D eigenvalue weighted by atomic mass is 9.97. The highest BCUT2D eigenvalue weighted by atomic mass is 16.2. The minimum Gasteiger partial charge on any atom is -0.334 e. The van der Waals surface area contributed by atoms with Gasteiger partial charge in [-0.1, -0.05) is 0 Å². The molecule has 1 aliphatic carbocycles. The maximum Gasteiger partial charge on any atom is 0.267 e. The number of carbonyl (C=O) groups is 1. The number of hydrogen-bond donors (Lipinski definition) is 0. The van der Waals surface area contributed by atoms with E-state index in [1.807, 2.05) is 0 Å². The van der Waals surface area contributed by atoms with Crippen molar-refractivity contribution in [3.05, 3.63) is 61.9 Å². The summed E-state index contributed by atoms with van der Waals surface area (Å²) in [5.41, 5.74) is 1.85. The van der Waals surface area contributed by atoms with Crippen LogP contribution in [0.4, 0.5) is 0 Å². The van der Waals surface area contributed by atoms with Crippen LogP contribution < -0.4 is 11.1 Å². The Labute approximate surface area is 157 Å². The van der Waals surface area contributed by atoms with Crippen molar-refractivity contribution in [1.82, 2.24) is 19.2 Å². The van der Waals surface area contributed by atoms with Gasteiger partial charge in [0.05, 0.1) is 18.3 Å².